The molecule has 1 aliphatic heterocycles. The molecule has 112 valence electrons. The summed E-state index contributed by atoms with van der Waals surface area (Å²) in [6.45, 7) is 3.02. The Balaban J connectivity index is 2.30. The molecule has 0 bridgehead atoms. The second-order valence-corrected chi connectivity index (χ2v) is 9.52. The maximum absolute atomic E-state index is 12.4. The van der Waals surface area contributed by atoms with Gasteiger partial charge in [0.05, 0.1) is 9.79 Å². The monoisotopic (exact) mass is 337 g/mol. The molecule has 0 N–H and O–H groups in total. The van der Waals surface area contributed by atoms with Crippen molar-refractivity contribution in [2.75, 3.05) is 13.1 Å². The Morgan fingerprint density at radius 1 is 1.10 bits per heavy atom. The van der Waals surface area contributed by atoms with E-state index in [0.29, 0.717) is 19.0 Å². The minimum atomic E-state index is -3.83. The van der Waals surface area contributed by atoms with Crippen LogP contribution in [0.2, 0.25) is 0 Å². The third-order valence-corrected chi connectivity index (χ3v) is 6.61. The van der Waals surface area contributed by atoms with Crippen molar-refractivity contribution < 1.29 is 16.8 Å². The van der Waals surface area contributed by atoms with Gasteiger partial charge in [0.15, 0.2) is 0 Å². The lowest BCUT2D eigenvalue weighted by molar-refractivity contribution is 0.281. The van der Waals surface area contributed by atoms with Crippen LogP contribution in [0.1, 0.15) is 19.8 Å². The molecule has 1 aromatic rings. The highest BCUT2D eigenvalue weighted by Gasteiger charge is 2.28. The second kappa shape index (κ2) is 5.63. The number of nitrogens with zero attached hydrogens (tertiary/aromatic N) is 1. The molecular formula is C12H16ClNO4S2. The van der Waals surface area contributed by atoms with Crippen LogP contribution < -0.4 is 0 Å². The Morgan fingerprint density at radius 2 is 1.65 bits per heavy atom. The molecule has 8 heteroatoms. The van der Waals surface area contributed by atoms with Gasteiger partial charge in [-0.2, -0.15) is 4.31 Å². The molecular weight excluding hydrogens is 322 g/mol. The first kappa shape index (κ1) is 15.8. The lowest BCUT2D eigenvalue weighted by atomic mass is 10.0. The van der Waals surface area contributed by atoms with Gasteiger partial charge in [0.25, 0.3) is 9.05 Å². The van der Waals surface area contributed by atoms with Crippen LogP contribution in [0.25, 0.3) is 0 Å². The summed E-state index contributed by atoms with van der Waals surface area (Å²) in [5, 5.41) is 0. The van der Waals surface area contributed by atoms with E-state index in [2.05, 4.69) is 0 Å². The van der Waals surface area contributed by atoms with E-state index in [1.54, 1.807) is 0 Å². The second-order valence-electron chi connectivity index (χ2n) is 5.02. The molecule has 1 saturated heterocycles. The lowest BCUT2D eigenvalue weighted by Crippen LogP contribution is -2.39. The first-order chi connectivity index (χ1) is 9.21. The van der Waals surface area contributed by atoms with Crippen LogP contribution >= 0.6 is 10.7 Å². The molecule has 1 aromatic carbocycles. The minimum absolute atomic E-state index is 0.0932. The van der Waals surface area contributed by atoms with Gasteiger partial charge >= 0.3 is 0 Å². The molecule has 1 unspecified atom stereocenters. The van der Waals surface area contributed by atoms with Crippen LogP contribution in [0.5, 0.6) is 0 Å². The zero-order valence-corrected chi connectivity index (χ0v) is 13.4. The summed E-state index contributed by atoms with van der Waals surface area (Å²) in [6, 6.07) is 4.99. The molecule has 1 atom stereocenters. The first-order valence-corrected chi connectivity index (χ1v) is 10.0. The summed E-state index contributed by atoms with van der Waals surface area (Å²) in [7, 11) is -2.19. The molecule has 0 aromatic heterocycles. The van der Waals surface area contributed by atoms with Crippen LogP contribution in [0.4, 0.5) is 0 Å². The van der Waals surface area contributed by atoms with Gasteiger partial charge < -0.3 is 0 Å². The van der Waals surface area contributed by atoms with Crippen molar-refractivity contribution in [3.63, 3.8) is 0 Å². The van der Waals surface area contributed by atoms with Crippen LogP contribution in [0.15, 0.2) is 34.1 Å². The Kier molecular flexibility index (Phi) is 4.44. The Morgan fingerprint density at radius 3 is 2.15 bits per heavy atom. The maximum atomic E-state index is 12.4. The molecule has 0 amide bonds. The number of rotatable bonds is 3. The smallest absolute Gasteiger partial charge is 0.207 e. The van der Waals surface area contributed by atoms with Gasteiger partial charge in [-0.15, -0.1) is 0 Å². The molecule has 0 radical (unpaired) electrons. The standard InChI is InChI=1S/C12H16ClNO4S2/c1-10-3-2-8-14(9-10)20(17,18)12-6-4-11(5-7-12)19(13,15)16/h4-7,10H,2-3,8-9H2,1H3. The van der Waals surface area contributed by atoms with Gasteiger partial charge in [-0.3, -0.25) is 0 Å². The van der Waals surface area contributed by atoms with Crippen LogP contribution in [0, 0.1) is 5.92 Å². The van der Waals surface area contributed by atoms with Crippen molar-refractivity contribution in [1.82, 2.24) is 4.31 Å². The summed E-state index contributed by atoms with van der Waals surface area (Å²) in [6.07, 6.45) is 1.87. The SMILES string of the molecule is CC1CCCN(S(=O)(=O)c2ccc(S(=O)(=O)Cl)cc2)C1. The predicted molar refractivity (Wildman–Crippen MR) is 76.6 cm³/mol. The summed E-state index contributed by atoms with van der Waals surface area (Å²) >= 11 is 0. The lowest BCUT2D eigenvalue weighted by Gasteiger charge is -2.30. The largest absolute Gasteiger partial charge is 0.261 e. The van der Waals surface area contributed by atoms with Gasteiger partial charge in [-0.05, 0) is 43.0 Å². The van der Waals surface area contributed by atoms with Gasteiger partial charge in [-0.25, -0.2) is 16.8 Å². The average Bonchev–Trinajstić information content (AvgIpc) is 2.38. The van der Waals surface area contributed by atoms with E-state index < -0.39 is 19.1 Å². The number of piperidine rings is 1. The normalized spacial score (nSPS) is 21.8. The van der Waals surface area contributed by atoms with Crippen LogP contribution in [-0.2, 0) is 19.1 Å². The highest BCUT2D eigenvalue weighted by Crippen LogP contribution is 2.24. The highest BCUT2D eigenvalue weighted by molar-refractivity contribution is 8.13. The molecule has 2 rings (SSSR count). The third kappa shape index (κ3) is 3.33. The number of benzene rings is 1. The fraction of sp³-hybridized carbons (Fsp3) is 0.500. The van der Waals surface area contributed by atoms with E-state index in [0.717, 1.165) is 12.8 Å². The van der Waals surface area contributed by atoms with Crippen LogP contribution in [0.3, 0.4) is 0 Å². The van der Waals surface area contributed by atoms with Crippen molar-refractivity contribution in [3.8, 4) is 0 Å². The molecule has 5 nitrogen and oxygen atoms in total. The topological polar surface area (TPSA) is 71.5 Å². The van der Waals surface area contributed by atoms with Crippen LogP contribution in [-0.4, -0.2) is 34.2 Å². The van der Waals surface area contributed by atoms with E-state index in [-0.39, 0.29) is 9.79 Å². The Labute approximate surface area is 124 Å². The molecule has 1 fully saturated rings. The summed E-state index contributed by atoms with van der Waals surface area (Å²) in [4.78, 5) is -0.0132. The van der Waals surface area contributed by atoms with E-state index in [9.17, 15) is 16.8 Å². The molecule has 0 spiro atoms. The molecule has 20 heavy (non-hydrogen) atoms. The zero-order chi connectivity index (χ0) is 15.0. The summed E-state index contributed by atoms with van der Waals surface area (Å²) < 4.78 is 48.6. The average molecular weight is 338 g/mol. The summed E-state index contributed by atoms with van der Waals surface area (Å²) in [5.41, 5.74) is 0. The Hall–Kier alpha value is -0.630. The van der Waals surface area contributed by atoms with Gasteiger partial charge in [0.1, 0.15) is 0 Å². The summed E-state index contributed by atoms with van der Waals surface area (Å²) in [5.74, 6) is 0.334. The van der Waals surface area contributed by atoms with Gasteiger partial charge in [-0.1, -0.05) is 6.92 Å². The van der Waals surface area contributed by atoms with Crippen molar-refractivity contribution in [1.29, 1.82) is 0 Å². The van der Waals surface area contributed by atoms with E-state index in [1.807, 2.05) is 6.92 Å². The van der Waals surface area contributed by atoms with Crippen molar-refractivity contribution >= 4 is 29.8 Å². The maximum Gasteiger partial charge on any atom is 0.261 e. The highest BCUT2D eigenvalue weighted by atomic mass is 35.7. The van der Waals surface area contributed by atoms with Gasteiger partial charge in [0.2, 0.25) is 10.0 Å². The van der Waals surface area contributed by atoms with Crippen molar-refractivity contribution in [2.45, 2.75) is 29.6 Å². The van der Waals surface area contributed by atoms with Gasteiger partial charge in [0, 0.05) is 23.8 Å². The number of hydrogen-bond acceptors (Lipinski definition) is 4. The number of hydrogen-bond donors (Lipinski definition) is 0. The van der Waals surface area contributed by atoms with E-state index >= 15 is 0 Å². The van der Waals surface area contributed by atoms with E-state index in [1.165, 1.54) is 28.6 Å². The first-order valence-electron chi connectivity index (χ1n) is 6.26. The molecule has 1 aliphatic rings. The fourth-order valence-corrected chi connectivity index (χ4v) is 4.66. The third-order valence-electron chi connectivity index (χ3n) is 3.36. The molecule has 1 heterocycles. The minimum Gasteiger partial charge on any atom is -0.207 e. The molecule has 0 aliphatic carbocycles. The zero-order valence-electron chi connectivity index (χ0n) is 11.0. The number of halogens is 1. The molecule has 0 saturated carbocycles. The van der Waals surface area contributed by atoms with Crippen molar-refractivity contribution in [3.05, 3.63) is 24.3 Å². The van der Waals surface area contributed by atoms with E-state index in [4.69, 9.17) is 10.7 Å². The Bertz CT molecular complexity index is 683. The predicted octanol–water partition coefficient (Wildman–Crippen LogP) is 2.03. The quantitative estimate of drug-likeness (QED) is 0.791. The number of sulfonamides is 1. The fourth-order valence-electron chi connectivity index (χ4n) is 2.29. The van der Waals surface area contributed by atoms with Crippen molar-refractivity contribution in [2.24, 2.45) is 5.92 Å².